The van der Waals surface area contributed by atoms with Crippen molar-refractivity contribution in [2.45, 2.75) is 59.7 Å². The summed E-state index contributed by atoms with van der Waals surface area (Å²) < 4.78 is 0. The Labute approximate surface area is 112 Å². The first-order valence-corrected chi connectivity index (χ1v) is 6.80. The zero-order valence-electron chi connectivity index (χ0n) is 12.6. The van der Waals surface area contributed by atoms with Crippen molar-refractivity contribution in [3.05, 3.63) is 24.0 Å². The predicted octanol–water partition coefficient (Wildman–Crippen LogP) is 3.20. The van der Waals surface area contributed by atoms with Crippen molar-refractivity contribution in [3.8, 4) is 0 Å². The normalized spacial score (nSPS) is 11.9. The monoisotopic (exact) mass is 249 g/mol. The van der Waals surface area contributed by atoms with Gasteiger partial charge in [0.25, 0.3) is 0 Å². The Morgan fingerprint density at radius 3 is 2.50 bits per heavy atom. The lowest BCUT2D eigenvalue weighted by molar-refractivity contribution is 0.421. The highest BCUT2D eigenvalue weighted by atomic mass is 15.1. The van der Waals surface area contributed by atoms with Gasteiger partial charge in [-0.15, -0.1) is 0 Å². The van der Waals surface area contributed by atoms with Gasteiger partial charge >= 0.3 is 0 Å². The second kappa shape index (κ2) is 6.19. The van der Waals surface area contributed by atoms with Crippen molar-refractivity contribution in [3.63, 3.8) is 0 Å². The van der Waals surface area contributed by atoms with Gasteiger partial charge in [0.2, 0.25) is 0 Å². The zero-order chi connectivity index (χ0) is 13.8. The van der Waals surface area contributed by atoms with Crippen LogP contribution in [-0.2, 0) is 6.54 Å². The third kappa shape index (κ3) is 4.65. The summed E-state index contributed by atoms with van der Waals surface area (Å²) in [6.45, 7) is 15.0. The van der Waals surface area contributed by atoms with Crippen LogP contribution in [0.2, 0.25) is 0 Å². The second-order valence-corrected chi connectivity index (χ2v) is 5.99. The molecule has 0 aromatic carbocycles. The minimum Gasteiger partial charge on any atom is -0.369 e. The predicted molar refractivity (Wildman–Crippen MR) is 79.0 cm³/mol. The fourth-order valence-electron chi connectivity index (χ4n) is 1.94. The van der Waals surface area contributed by atoms with Gasteiger partial charge in [-0.05, 0) is 53.7 Å². The fraction of sp³-hybridized carbons (Fsp3) is 0.667. The molecule has 1 aromatic rings. The van der Waals surface area contributed by atoms with Crippen LogP contribution in [0.3, 0.4) is 0 Å². The lowest BCUT2D eigenvalue weighted by Crippen LogP contribution is -2.35. The topological polar surface area (TPSA) is 28.2 Å². The highest BCUT2D eigenvalue weighted by molar-refractivity contribution is 5.47. The van der Waals surface area contributed by atoms with E-state index in [1.165, 1.54) is 5.69 Å². The van der Waals surface area contributed by atoms with E-state index >= 15 is 0 Å². The SMILES string of the molecule is CCN(c1ccnc(CNC(C)(C)C)c1)C(C)C. The summed E-state index contributed by atoms with van der Waals surface area (Å²) in [4.78, 5) is 6.81. The van der Waals surface area contributed by atoms with Gasteiger partial charge in [-0.3, -0.25) is 4.98 Å². The van der Waals surface area contributed by atoms with E-state index in [9.17, 15) is 0 Å². The van der Waals surface area contributed by atoms with Crippen LogP contribution < -0.4 is 10.2 Å². The van der Waals surface area contributed by atoms with Crippen LogP contribution in [-0.4, -0.2) is 23.1 Å². The molecule has 0 spiro atoms. The van der Waals surface area contributed by atoms with E-state index in [1.807, 2.05) is 6.20 Å². The Bertz CT molecular complexity index is 366. The number of nitrogens with zero attached hydrogens (tertiary/aromatic N) is 2. The van der Waals surface area contributed by atoms with E-state index in [0.29, 0.717) is 6.04 Å². The summed E-state index contributed by atoms with van der Waals surface area (Å²) >= 11 is 0. The van der Waals surface area contributed by atoms with Gasteiger partial charge in [-0.2, -0.15) is 0 Å². The number of rotatable bonds is 5. The molecule has 1 rings (SSSR count). The summed E-state index contributed by atoms with van der Waals surface area (Å²) in [5.41, 5.74) is 2.48. The van der Waals surface area contributed by atoms with Crippen LogP contribution in [0.1, 0.15) is 47.2 Å². The van der Waals surface area contributed by atoms with Gasteiger partial charge in [0.1, 0.15) is 0 Å². The maximum absolute atomic E-state index is 4.43. The zero-order valence-corrected chi connectivity index (χ0v) is 12.6. The van der Waals surface area contributed by atoms with Crippen LogP contribution in [0.5, 0.6) is 0 Å². The second-order valence-electron chi connectivity index (χ2n) is 5.99. The van der Waals surface area contributed by atoms with E-state index in [4.69, 9.17) is 0 Å². The van der Waals surface area contributed by atoms with Gasteiger partial charge in [0, 0.05) is 36.6 Å². The summed E-state index contributed by atoms with van der Waals surface area (Å²) in [7, 11) is 0. The maximum Gasteiger partial charge on any atom is 0.0562 e. The minimum atomic E-state index is 0.125. The van der Waals surface area contributed by atoms with E-state index in [-0.39, 0.29) is 5.54 Å². The smallest absolute Gasteiger partial charge is 0.0562 e. The van der Waals surface area contributed by atoms with Gasteiger partial charge in [-0.1, -0.05) is 0 Å². The summed E-state index contributed by atoms with van der Waals surface area (Å²) in [5.74, 6) is 0. The highest BCUT2D eigenvalue weighted by Crippen LogP contribution is 2.17. The molecule has 1 aromatic heterocycles. The van der Waals surface area contributed by atoms with E-state index in [1.54, 1.807) is 0 Å². The molecule has 0 aliphatic rings. The molecule has 0 amide bonds. The summed E-state index contributed by atoms with van der Waals surface area (Å²) in [5, 5.41) is 3.47. The number of aromatic nitrogens is 1. The minimum absolute atomic E-state index is 0.125. The van der Waals surface area contributed by atoms with Gasteiger partial charge in [-0.25, -0.2) is 0 Å². The first-order valence-electron chi connectivity index (χ1n) is 6.80. The third-order valence-corrected chi connectivity index (χ3v) is 2.90. The standard InChI is InChI=1S/C15H27N3/c1-7-18(12(2)3)14-8-9-16-13(10-14)11-17-15(4,5)6/h8-10,12,17H,7,11H2,1-6H3. The average molecular weight is 249 g/mol. The largest absolute Gasteiger partial charge is 0.369 e. The van der Waals surface area contributed by atoms with Crippen molar-refractivity contribution >= 4 is 5.69 Å². The van der Waals surface area contributed by atoms with Gasteiger partial charge in [0.05, 0.1) is 5.69 Å². The molecule has 1 heterocycles. The Kier molecular flexibility index (Phi) is 5.15. The molecule has 0 saturated carbocycles. The van der Waals surface area contributed by atoms with E-state index in [0.717, 1.165) is 18.8 Å². The molecule has 3 nitrogen and oxygen atoms in total. The Balaban J connectivity index is 2.79. The first kappa shape index (κ1) is 15.0. The van der Waals surface area contributed by atoms with Crippen molar-refractivity contribution in [1.82, 2.24) is 10.3 Å². The van der Waals surface area contributed by atoms with Crippen molar-refractivity contribution in [1.29, 1.82) is 0 Å². The maximum atomic E-state index is 4.43. The lowest BCUT2D eigenvalue weighted by atomic mass is 10.1. The molecule has 0 saturated heterocycles. The number of hydrogen-bond donors (Lipinski definition) is 1. The molecule has 0 fully saturated rings. The van der Waals surface area contributed by atoms with Crippen LogP contribution in [0.15, 0.2) is 18.3 Å². The van der Waals surface area contributed by atoms with Crippen molar-refractivity contribution in [2.24, 2.45) is 0 Å². The molecule has 0 aliphatic heterocycles. The Morgan fingerprint density at radius 2 is 2.00 bits per heavy atom. The summed E-state index contributed by atoms with van der Waals surface area (Å²) in [6, 6.07) is 4.78. The van der Waals surface area contributed by atoms with Crippen molar-refractivity contribution in [2.75, 3.05) is 11.4 Å². The van der Waals surface area contributed by atoms with Gasteiger partial charge in [0.15, 0.2) is 0 Å². The quantitative estimate of drug-likeness (QED) is 0.868. The van der Waals surface area contributed by atoms with E-state index < -0.39 is 0 Å². The molecule has 0 aliphatic carbocycles. The lowest BCUT2D eigenvalue weighted by Gasteiger charge is -2.28. The highest BCUT2D eigenvalue weighted by Gasteiger charge is 2.11. The molecular formula is C15H27N3. The molecular weight excluding hydrogens is 222 g/mol. The number of pyridine rings is 1. The molecule has 0 bridgehead atoms. The number of nitrogens with one attached hydrogen (secondary N) is 1. The van der Waals surface area contributed by atoms with Crippen LogP contribution in [0.25, 0.3) is 0 Å². The molecule has 3 heteroatoms. The molecule has 0 unspecified atom stereocenters. The molecule has 102 valence electrons. The van der Waals surface area contributed by atoms with E-state index in [2.05, 4.69) is 68.9 Å². The third-order valence-electron chi connectivity index (χ3n) is 2.90. The Hall–Kier alpha value is -1.09. The molecule has 1 N–H and O–H groups in total. The van der Waals surface area contributed by atoms with Crippen LogP contribution in [0, 0.1) is 0 Å². The van der Waals surface area contributed by atoms with Crippen molar-refractivity contribution < 1.29 is 0 Å². The van der Waals surface area contributed by atoms with Gasteiger partial charge < -0.3 is 10.2 Å². The Morgan fingerprint density at radius 1 is 1.33 bits per heavy atom. The molecule has 18 heavy (non-hydrogen) atoms. The number of hydrogen-bond acceptors (Lipinski definition) is 3. The fourth-order valence-corrected chi connectivity index (χ4v) is 1.94. The average Bonchev–Trinajstić information content (AvgIpc) is 2.26. The number of anilines is 1. The summed E-state index contributed by atoms with van der Waals surface area (Å²) in [6.07, 6.45) is 1.90. The first-order chi connectivity index (χ1) is 8.33. The van der Waals surface area contributed by atoms with Crippen LogP contribution >= 0.6 is 0 Å². The molecule has 0 radical (unpaired) electrons. The van der Waals surface area contributed by atoms with Crippen LogP contribution in [0.4, 0.5) is 5.69 Å². The molecule has 0 atom stereocenters.